The standard InChI is InChI=1S/C11H18F2N2/c1-14-7-4-9(5-8-14)15-6-2-3-10(15)11(12)13/h9H,2-8H2,1H3. The minimum Gasteiger partial charge on any atom is -0.367 e. The zero-order valence-electron chi connectivity index (χ0n) is 9.18. The number of hydrogen-bond acceptors (Lipinski definition) is 2. The molecule has 15 heavy (non-hydrogen) atoms. The van der Waals surface area contributed by atoms with Crippen LogP contribution >= 0.6 is 0 Å². The molecule has 2 saturated heterocycles. The van der Waals surface area contributed by atoms with E-state index in [4.69, 9.17) is 0 Å². The van der Waals surface area contributed by atoms with E-state index < -0.39 is 6.08 Å². The summed E-state index contributed by atoms with van der Waals surface area (Å²) in [4.78, 5) is 4.21. The molecule has 86 valence electrons. The highest BCUT2D eigenvalue weighted by molar-refractivity contribution is 5.08. The molecule has 0 saturated carbocycles. The Hall–Kier alpha value is -0.640. The van der Waals surface area contributed by atoms with Gasteiger partial charge in [0.05, 0.1) is 5.70 Å². The molecule has 0 amide bonds. The lowest BCUT2D eigenvalue weighted by molar-refractivity contribution is 0.157. The third-order valence-corrected chi connectivity index (χ3v) is 3.51. The van der Waals surface area contributed by atoms with Crippen molar-refractivity contribution >= 4 is 0 Å². The van der Waals surface area contributed by atoms with Gasteiger partial charge in [0.25, 0.3) is 6.08 Å². The molecular weight excluding hydrogens is 198 g/mol. The monoisotopic (exact) mass is 216 g/mol. The summed E-state index contributed by atoms with van der Waals surface area (Å²) in [7, 11) is 2.09. The van der Waals surface area contributed by atoms with Gasteiger partial charge in [-0.3, -0.25) is 0 Å². The summed E-state index contributed by atoms with van der Waals surface area (Å²) >= 11 is 0. The average molecular weight is 216 g/mol. The first kappa shape index (κ1) is 10.9. The van der Waals surface area contributed by atoms with Crippen molar-refractivity contribution in [3.8, 4) is 0 Å². The van der Waals surface area contributed by atoms with Gasteiger partial charge < -0.3 is 9.80 Å². The number of allylic oxidation sites excluding steroid dienone is 1. The fraction of sp³-hybridized carbons (Fsp3) is 0.818. The van der Waals surface area contributed by atoms with E-state index in [1.54, 1.807) is 0 Å². The molecule has 0 bridgehead atoms. The van der Waals surface area contributed by atoms with Crippen molar-refractivity contribution in [1.29, 1.82) is 0 Å². The van der Waals surface area contributed by atoms with E-state index in [2.05, 4.69) is 11.9 Å². The molecule has 4 heteroatoms. The maximum Gasteiger partial charge on any atom is 0.289 e. The van der Waals surface area contributed by atoms with E-state index >= 15 is 0 Å². The summed E-state index contributed by atoms with van der Waals surface area (Å²) in [6.45, 7) is 2.88. The predicted octanol–water partition coefficient (Wildman–Crippen LogP) is 2.28. The molecule has 0 aliphatic carbocycles. The Morgan fingerprint density at radius 1 is 1.20 bits per heavy atom. The van der Waals surface area contributed by atoms with Gasteiger partial charge in [-0.05, 0) is 45.8 Å². The Morgan fingerprint density at radius 3 is 2.47 bits per heavy atom. The van der Waals surface area contributed by atoms with Crippen LogP contribution in [0.1, 0.15) is 25.7 Å². The minimum atomic E-state index is -1.47. The second kappa shape index (κ2) is 4.47. The molecule has 2 aliphatic rings. The summed E-state index contributed by atoms with van der Waals surface area (Å²) < 4.78 is 25.3. The van der Waals surface area contributed by atoms with Crippen molar-refractivity contribution in [2.45, 2.75) is 31.7 Å². The molecule has 2 fully saturated rings. The maximum absolute atomic E-state index is 12.6. The van der Waals surface area contributed by atoms with Crippen LogP contribution in [0.15, 0.2) is 11.8 Å². The van der Waals surface area contributed by atoms with E-state index in [0.717, 1.165) is 38.9 Å². The first-order chi connectivity index (χ1) is 7.18. The van der Waals surface area contributed by atoms with Gasteiger partial charge in [-0.25, -0.2) is 0 Å². The molecular formula is C11H18F2N2. The van der Waals surface area contributed by atoms with Gasteiger partial charge in [0.2, 0.25) is 0 Å². The molecule has 0 aromatic rings. The number of piperidine rings is 1. The van der Waals surface area contributed by atoms with Gasteiger partial charge in [-0.2, -0.15) is 8.78 Å². The van der Waals surface area contributed by atoms with Crippen molar-refractivity contribution in [3.05, 3.63) is 11.8 Å². The highest BCUT2D eigenvalue weighted by Crippen LogP contribution is 2.31. The fourth-order valence-electron chi connectivity index (χ4n) is 2.61. The average Bonchev–Trinajstić information content (AvgIpc) is 2.67. The first-order valence-corrected chi connectivity index (χ1v) is 5.68. The topological polar surface area (TPSA) is 6.48 Å². The minimum absolute atomic E-state index is 0.310. The zero-order chi connectivity index (χ0) is 10.8. The smallest absolute Gasteiger partial charge is 0.289 e. The highest BCUT2D eigenvalue weighted by atomic mass is 19.3. The summed E-state index contributed by atoms with van der Waals surface area (Å²) in [5.74, 6) is 0. The summed E-state index contributed by atoms with van der Waals surface area (Å²) in [5, 5.41) is 0. The number of halogens is 2. The molecule has 0 aromatic heterocycles. The summed E-state index contributed by atoms with van der Waals surface area (Å²) in [6, 6.07) is 0.347. The van der Waals surface area contributed by atoms with Crippen molar-refractivity contribution in [1.82, 2.24) is 9.80 Å². The Balaban J connectivity index is 2.01. The van der Waals surface area contributed by atoms with Gasteiger partial charge in [0.1, 0.15) is 0 Å². The second-order valence-corrected chi connectivity index (χ2v) is 4.54. The molecule has 0 spiro atoms. The van der Waals surface area contributed by atoms with Gasteiger partial charge in [-0.15, -0.1) is 0 Å². The van der Waals surface area contributed by atoms with Crippen molar-refractivity contribution in [3.63, 3.8) is 0 Å². The zero-order valence-corrected chi connectivity index (χ0v) is 9.18. The third kappa shape index (κ3) is 2.30. The van der Waals surface area contributed by atoms with Crippen LogP contribution in [0.25, 0.3) is 0 Å². The second-order valence-electron chi connectivity index (χ2n) is 4.54. The quantitative estimate of drug-likeness (QED) is 0.663. The van der Waals surface area contributed by atoms with Crippen LogP contribution in [0.4, 0.5) is 8.78 Å². The van der Waals surface area contributed by atoms with Crippen molar-refractivity contribution in [2.75, 3.05) is 26.7 Å². The molecule has 0 aromatic carbocycles. The van der Waals surface area contributed by atoms with Gasteiger partial charge in [0.15, 0.2) is 0 Å². The van der Waals surface area contributed by atoms with Crippen molar-refractivity contribution < 1.29 is 8.78 Å². The third-order valence-electron chi connectivity index (χ3n) is 3.51. The summed E-state index contributed by atoms with van der Waals surface area (Å²) in [5.41, 5.74) is 0.310. The first-order valence-electron chi connectivity index (χ1n) is 5.68. The van der Waals surface area contributed by atoms with E-state index in [0.29, 0.717) is 18.2 Å². The van der Waals surface area contributed by atoms with E-state index in [9.17, 15) is 8.78 Å². The number of rotatable bonds is 1. The molecule has 0 radical (unpaired) electrons. The molecule has 0 unspecified atom stereocenters. The maximum atomic E-state index is 12.6. The molecule has 2 nitrogen and oxygen atoms in total. The largest absolute Gasteiger partial charge is 0.367 e. The van der Waals surface area contributed by atoms with Crippen LogP contribution in [0, 0.1) is 0 Å². The van der Waals surface area contributed by atoms with E-state index in [-0.39, 0.29) is 0 Å². The fourth-order valence-corrected chi connectivity index (χ4v) is 2.61. The van der Waals surface area contributed by atoms with Gasteiger partial charge in [-0.1, -0.05) is 0 Å². The van der Waals surface area contributed by atoms with Crippen molar-refractivity contribution in [2.24, 2.45) is 0 Å². The lowest BCUT2D eigenvalue weighted by atomic mass is 10.0. The molecule has 2 heterocycles. The molecule has 0 atom stereocenters. The SMILES string of the molecule is CN1CCC(N2CCCC2=C(F)F)CC1. The van der Waals surface area contributed by atoms with Crippen LogP contribution in [0.2, 0.25) is 0 Å². The Morgan fingerprint density at radius 2 is 1.87 bits per heavy atom. The molecule has 2 rings (SSSR count). The Kier molecular flexibility index (Phi) is 3.24. The predicted molar refractivity (Wildman–Crippen MR) is 55.7 cm³/mol. The Labute approximate surface area is 89.5 Å². The van der Waals surface area contributed by atoms with Gasteiger partial charge in [0, 0.05) is 12.6 Å². The number of likely N-dealkylation sites (tertiary alicyclic amines) is 2. The number of nitrogens with zero attached hydrogens (tertiary/aromatic N) is 2. The normalized spacial score (nSPS) is 25.0. The Bertz CT molecular complexity index is 253. The highest BCUT2D eigenvalue weighted by Gasteiger charge is 2.30. The lowest BCUT2D eigenvalue weighted by Crippen LogP contribution is -2.41. The van der Waals surface area contributed by atoms with Crippen LogP contribution in [-0.2, 0) is 0 Å². The lowest BCUT2D eigenvalue weighted by Gasteiger charge is -2.36. The summed E-state index contributed by atoms with van der Waals surface area (Å²) in [6.07, 6.45) is 2.03. The molecule has 0 N–H and O–H groups in total. The van der Waals surface area contributed by atoms with E-state index in [1.807, 2.05) is 4.90 Å². The van der Waals surface area contributed by atoms with Crippen LogP contribution in [0.5, 0.6) is 0 Å². The van der Waals surface area contributed by atoms with E-state index in [1.165, 1.54) is 0 Å². The van der Waals surface area contributed by atoms with Crippen LogP contribution < -0.4 is 0 Å². The van der Waals surface area contributed by atoms with Crippen LogP contribution in [-0.4, -0.2) is 42.5 Å². The molecule has 2 aliphatic heterocycles. The number of hydrogen-bond donors (Lipinski definition) is 0. The van der Waals surface area contributed by atoms with Gasteiger partial charge >= 0.3 is 0 Å². The van der Waals surface area contributed by atoms with Crippen LogP contribution in [0.3, 0.4) is 0 Å².